The standard InChI is InChI=1S/C51H31N5O/c1-4-14-32(15-5-1)49-52-50(33-16-6-2-7-17-33)54-51(53-49)34-24-26-36(27-25-34)56-42-28-29-46-48(38-21-11-13-23-45(38)57-46)47(42)40-30-39-37-20-10-12-22-41(37)55(43(39)31-44(40)56)35-18-8-3-9-19-35/h1-31H. The van der Waals surface area contributed by atoms with Crippen molar-refractivity contribution in [1.29, 1.82) is 0 Å². The molecule has 0 saturated heterocycles. The molecule has 0 radical (unpaired) electrons. The molecular formula is C51H31N5O. The van der Waals surface area contributed by atoms with Crippen LogP contribution < -0.4 is 0 Å². The van der Waals surface area contributed by atoms with E-state index in [0.717, 1.165) is 66.6 Å². The maximum Gasteiger partial charge on any atom is 0.164 e. The van der Waals surface area contributed by atoms with Gasteiger partial charge in [0.2, 0.25) is 0 Å². The Morgan fingerprint density at radius 3 is 1.53 bits per heavy atom. The van der Waals surface area contributed by atoms with Crippen LogP contribution in [-0.2, 0) is 0 Å². The van der Waals surface area contributed by atoms with Gasteiger partial charge in [0.1, 0.15) is 11.2 Å². The minimum absolute atomic E-state index is 0.622. The summed E-state index contributed by atoms with van der Waals surface area (Å²) in [4.78, 5) is 14.9. The summed E-state index contributed by atoms with van der Waals surface area (Å²) in [5, 5.41) is 7.01. The van der Waals surface area contributed by atoms with Gasteiger partial charge in [-0.25, -0.2) is 15.0 Å². The third-order valence-corrected chi connectivity index (χ3v) is 11.2. The van der Waals surface area contributed by atoms with Gasteiger partial charge in [-0.3, -0.25) is 0 Å². The van der Waals surface area contributed by atoms with Crippen LogP contribution in [0, 0.1) is 0 Å². The largest absolute Gasteiger partial charge is 0.456 e. The monoisotopic (exact) mass is 729 g/mol. The van der Waals surface area contributed by atoms with Crippen LogP contribution in [0.5, 0.6) is 0 Å². The maximum atomic E-state index is 6.46. The Balaban J connectivity index is 1.12. The Kier molecular flexibility index (Phi) is 6.83. The summed E-state index contributed by atoms with van der Waals surface area (Å²) < 4.78 is 11.2. The number of nitrogens with zero attached hydrogens (tertiary/aromatic N) is 5. The Morgan fingerprint density at radius 1 is 0.316 bits per heavy atom. The molecule has 4 aromatic heterocycles. The van der Waals surface area contributed by atoms with E-state index in [1.54, 1.807) is 0 Å². The van der Waals surface area contributed by atoms with Crippen molar-refractivity contribution in [2.75, 3.05) is 0 Å². The third kappa shape index (κ3) is 4.87. The summed E-state index contributed by atoms with van der Waals surface area (Å²) in [5.41, 5.74) is 11.3. The van der Waals surface area contributed by atoms with Gasteiger partial charge in [0, 0.05) is 60.4 Å². The van der Waals surface area contributed by atoms with E-state index in [1.807, 2.05) is 66.7 Å². The van der Waals surface area contributed by atoms with E-state index >= 15 is 0 Å². The van der Waals surface area contributed by atoms with Gasteiger partial charge in [0.25, 0.3) is 0 Å². The Labute approximate surface area is 326 Å². The fourth-order valence-corrected chi connectivity index (χ4v) is 8.61. The first kappa shape index (κ1) is 31.5. The second-order valence-electron chi connectivity index (χ2n) is 14.4. The van der Waals surface area contributed by atoms with Crippen molar-refractivity contribution in [2.45, 2.75) is 0 Å². The van der Waals surface area contributed by atoms with Gasteiger partial charge in [-0.1, -0.05) is 115 Å². The zero-order valence-electron chi connectivity index (χ0n) is 30.5. The van der Waals surface area contributed by atoms with Crippen molar-refractivity contribution in [3.05, 3.63) is 188 Å². The molecule has 0 aliphatic heterocycles. The molecule has 57 heavy (non-hydrogen) atoms. The number of aromatic nitrogens is 5. The molecule has 0 unspecified atom stereocenters. The van der Waals surface area contributed by atoms with Crippen molar-refractivity contribution in [2.24, 2.45) is 0 Å². The number of para-hydroxylation sites is 3. The highest BCUT2D eigenvalue weighted by atomic mass is 16.3. The van der Waals surface area contributed by atoms with Crippen LogP contribution >= 0.6 is 0 Å². The second kappa shape index (κ2) is 12.3. The summed E-state index contributed by atoms with van der Waals surface area (Å²) >= 11 is 0. The van der Waals surface area contributed by atoms with Crippen LogP contribution in [0.4, 0.5) is 0 Å². The highest BCUT2D eigenvalue weighted by Gasteiger charge is 2.22. The minimum Gasteiger partial charge on any atom is -0.456 e. The van der Waals surface area contributed by atoms with Crippen LogP contribution in [-0.4, -0.2) is 24.1 Å². The molecule has 12 rings (SSSR count). The topological polar surface area (TPSA) is 61.7 Å². The predicted molar refractivity (Wildman–Crippen MR) is 232 cm³/mol. The second-order valence-corrected chi connectivity index (χ2v) is 14.4. The molecule has 4 heterocycles. The van der Waals surface area contributed by atoms with Gasteiger partial charge in [0.05, 0.1) is 22.1 Å². The quantitative estimate of drug-likeness (QED) is 0.177. The number of fused-ring (bicyclic) bond motifs is 10. The summed E-state index contributed by atoms with van der Waals surface area (Å²) in [6, 6.07) is 65.5. The molecule has 0 saturated carbocycles. The van der Waals surface area contributed by atoms with E-state index in [9.17, 15) is 0 Å². The molecule has 0 bridgehead atoms. The number of hydrogen-bond donors (Lipinski definition) is 0. The molecule has 266 valence electrons. The Morgan fingerprint density at radius 2 is 0.842 bits per heavy atom. The lowest BCUT2D eigenvalue weighted by molar-refractivity contribution is 0.669. The van der Waals surface area contributed by atoms with E-state index in [-0.39, 0.29) is 0 Å². The van der Waals surface area contributed by atoms with Gasteiger partial charge in [-0.15, -0.1) is 0 Å². The molecule has 12 aromatic rings. The smallest absolute Gasteiger partial charge is 0.164 e. The molecule has 0 spiro atoms. The maximum absolute atomic E-state index is 6.46. The molecule has 8 aromatic carbocycles. The molecule has 0 atom stereocenters. The van der Waals surface area contributed by atoms with E-state index in [1.165, 1.54) is 27.1 Å². The summed E-state index contributed by atoms with van der Waals surface area (Å²) in [6.45, 7) is 0. The highest BCUT2D eigenvalue weighted by Crippen LogP contribution is 2.44. The van der Waals surface area contributed by atoms with Crippen LogP contribution in [0.3, 0.4) is 0 Å². The van der Waals surface area contributed by atoms with Gasteiger partial charge >= 0.3 is 0 Å². The lowest BCUT2D eigenvalue weighted by atomic mass is 10.0. The summed E-state index contributed by atoms with van der Waals surface area (Å²) in [7, 11) is 0. The average Bonchev–Trinajstić information content (AvgIpc) is 3.93. The average molecular weight is 730 g/mol. The molecule has 0 aliphatic rings. The van der Waals surface area contributed by atoms with E-state index in [0.29, 0.717) is 17.5 Å². The molecule has 0 amide bonds. The van der Waals surface area contributed by atoms with E-state index in [2.05, 4.69) is 130 Å². The number of rotatable bonds is 5. The fourth-order valence-electron chi connectivity index (χ4n) is 8.61. The summed E-state index contributed by atoms with van der Waals surface area (Å²) in [5.74, 6) is 1.90. The van der Waals surface area contributed by atoms with Gasteiger partial charge < -0.3 is 13.6 Å². The first-order valence-electron chi connectivity index (χ1n) is 19.1. The molecule has 6 heteroatoms. The molecule has 0 fully saturated rings. The third-order valence-electron chi connectivity index (χ3n) is 11.2. The SMILES string of the molecule is c1ccc(-c2nc(-c3ccccc3)nc(-c3ccc(-n4c5cc6c(cc5c5c7c(ccc54)oc4ccccc47)c4ccccc4n6-c4ccccc4)cc3)n2)cc1. The normalized spacial score (nSPS) is 11.9. The molecule has 6 nitrogen and oxygen atoms in total. The highest BCUT2D eigenvalue weighted by molar-refractivity contribution is 6.29. The van der Waals surface area contributed by atoms with Crippen molar-refractivity contribution >= 4 is 65.6 Å². The number of benzene rings is 8. The van der Waals surface area contributed by atoms with Crippen LogP contribution in [0.25, 0.3) is 111 Å². The zero-order valence-corrected chi connectivity index (χ0v) is 30.5. The van der Waals surface area contributed by atoms with Crippen molar-refractivity contribution < 1.29 is 4.42 Å². The van der Waals surface area contributed by atoms with E-state index < -0.39 is 0 Å². The zero-order chi connectivity index (χ0) is 37.5. The number of furan rings is 1. The predicted octanol–water partition coefficient (Wildman–Crippen LogP) is 13.0. The molecule has 0 N–H and O–H groups in total. The Bertz CT molecular complexity index is 3430. The van der Waals surface area contributed by atoms with Crippen molar-refractivity contribution in [3.8, 4) is 45.5 Å². The first-order chi connectivity index (χ1) is 28.3. The molecular weight excluding hydrogens is 699 g/mol. The van der Waals surface area contributed by atoms with E-state index in [4.69, 9.17) is 19.4 Å². The summed E-state index contributed by atoms with van der Waals surface area (Å²) in [6.07, 6.45) is 0. The van der Waals surface area contributed by atoms with Crippen LogP contribution in [0.2, 0.25) is 0 Å². The molecule has 0 aliphatic carbocycles. The Hall–Kier alpha value is -7.83. The van der Waals surface area contributed by atoms with Crippen molar-refractivity contribution in [3.63, 3.8) is 0 Å². The first-order valence-corrected chi connectivity index (χ1v) is 19.1. The lowest BCUT2D eigenvalue weighted by Gasteiger charge is -2.11. The van der Waals surface area contributed by atoms with Crippen LogP contribution in [0.1, 0.15) is 0 Å². The van der Waals surface area contributed by atoms with Gasteiger partial charge in [0.15, 0.2) is 17.5 Å². The van der Waals surface area contributed by atoms with Crippen molar-refractivity contribution in [1.82, 2.24) is 24.1 Å². The fraction of sp³-hybridized carbons (Fsp3) is 0. The minimum atomic E-state index is 0.622. The van der Waals surface area contributed by atoms with Gasteiger partial charge in [-0.2, -0.15) is 0 Å². The number of hydrogen-bond acceptors (Lipinski definition) is 4. The van der Waals surface area contributed by atoms with Crippen LogP contribution in [0.15, 0.2) is 192 Å². The lowest BCUT2D eigenvalue weighted by Crippen LogP contribution is -2.00. The van der Waals surface area contributed by atoms with Gasteiger partial charge in [-0.05, 0) is 72.8 Å².